The predicted octanol–water partition coefficient (Wildman–Crippen LogP) is 5.69. The monoisotopic (exact) mass is 397 g/mol. The van der Waals surface area contributed by atoms with E-state index >= 15 is 0 Å². The summed E-state index contributed by atoms with van der Waals surface area (Å²) < 4.78 is 19.0. The van der Waals surface area contributed by atoms with E-state index in [0.717, 1.165) is 30.4 Å². The van der Waals surface area contributed by atoms with Crippen LogP contribution in [0.5, 0.6) is 0 Å². The van der Waals surface area contributed by atoms with Gasteiger partial charge in [0.15, 0.2) is 0 Å². The third-order valence-corrected chi connectivity index (χ3v) is 6.12. The highest BCUT2D eigenvalue weighted by Crippen LogP contribution is 2.42. The fourth-order valence-corrected chi connectivity index (χ4v) is 4.78. The molecule has 0 amide bonds. The van der Waals surface area contributed by atoms with Gasteiger partial charge in [0.1, 0.15) is 5.82 Å². The van der Waals surface area contributed by atoms with E-state index < -0.39 is 0 Å². The molecule has 2 aromatic carbocycles. The molecule has 0 radical (unpaired) electrons. The zero-order valence-corrected chi connectivity index (χ0v) is 17.7. The fraction of sp³-hybridized carbons (Fsp3) is 0.480. The number of benzene rings is 2. The van der Waals surface area contributed by atoms with Crippen molar-refractivity contribution in [1.29, 1.82) is 0 Å². The molecule has 3 rings (SSSR count). The maximum Gasteiger partial charge on any atom is 0.306 e. The molecule has 1 aliphatic carbocycles. The first-order valence-electron chi connectivity index (χ1n) is 10.7. The smallest absolute Gasteiger partial charge is 0.306 e. The second-order valence-corrected chi connectivity index (χ2v) is 8.13. The van der Waals surface area contributed by atoms with Gasteiger partial charge in [-0.25, -0.2) is 4.39 Å². The van der Waals surface area contributed by atoms with Gasteiger partial charge in [0.25, 0.3) is 0 Å². The first-order chi connectivity index (χ1) is 14.0. The number of hydrogen-bond acceptors (Lipinski definition) is 3. The summed E-state index contributed by atoms with van der Waals surface area (Å²) in [5.41, 5.74) is 3.33. The van der Waals surface area contributed by atoms with Crippen molar-refractivity contribution in [2.45, 2.75) is 64.5 Å². The summed E-state index contributed by atoms with van der Waals surface area (Å²) in [6, 6.07) is 15.9. The molecule has 29 heavy (non-hydrogen) atoms. The molecular weight excluding hydrogens is 365 g/mol. The Morgan fingerprint density at radius 2 is 1.97 bits per heavy atom. The van der Waals surface area contributed by atoms with E-state index in [1.54, 1.807) is 6.07 Å². The topological polar surface area (TPSA) is 38.3 Å². The molecule has 1 saturated carbocycles. The molecule has 4 heteroatoms. The molecule has 3 unspecified atom stereocenters. The Morgan fingerprint density at radius 1 is 1.21 bits per heavy atom. The second-order valence-electron chi connectivity index (χ2n) is 8.13. The normalized spacial score (nSPS) is 22.8. The van der Waals surface area contributed by atoms with E-state index in [9.17, 15) is 9.18 Å². The van der Waals surface area contributed by atoms with Gasteiger partial charge in [0, 0.05) is 24.4 Å². The van der Waals surface area contributed by atoms with Gasteiger partial charge >= 0.3 is 5.97 Å². The molecule has 0 aliphatic heterocycles. The summed E-state index contributed by atoms with van der Waals surface area (Å²) in [6.45, 7) is 6.38. The highest BCUT2D eigenvalue weighted by molar-refractivity contribution is 5.69. The molecule has 0 bridgehead atoms. The minimum atomic E-state index is -0.217. The van der Waals surface area contributed by atoms with Crippen LogP contribution >= 0.6 is 0 Å². The zero-order valence-electron chi connectivity index (χ0n) is 17.7. The maximum absolute atomic E-state index is 13.8. The Morgan fingerprint density at radius 3 is 2.66 bits per heavy atom. The van der Waals surface area contributed by atoms with Crippen molar-refractivity contribution in [2.24, 2.45) is 5.92 Å². The molecule has 0 heterocycles. The van der Waals surface area contributed by atoms with Gasteiger partial charge in [-0.15, -0.1) is 0 Å². The Balaban J connectivity index is 1.88. The number of nitrogens with one attached hydrogen (secondary N) is 1. The molecule has 2 aromatic rings. The van der Waals surface area contributed by atoms with Gasteiger partial charge < -0.3 is 10.1 Å². The van der Waals surface area contributed by atoms with Crippen LogP contribution in [0.15, 0.2) is 48.5 Å². The Kier molecular flexibility index (Phi) is 7.43. The highest BCUT2D eigenvalue weighted by atomic mass is 19.1. The molecule has 1 aliphatic rings. The SMILES string of the molecule is CCOC(=O)CC1CCCC(N[C@@H](C)c2ccccc2)C1c1ccc(F)cc1C. The van der Waals surface area contributed by atoms with E-state index in [0.29, 0.717) is 13.0 Å². The summed E-state index contributed by atoms with van der Waals surface area (Å²) >= 11 is 0. The maximum atomic E-state index is 13.8. The summed E-state index contributed by atoms with van der Waals surface area (Å²) in [5.74, 6) is -0.0162. The van der Waals surface area contributed by atoms with Crippen molar-refractivity contribution in [3.63, 3.8) is 0 Å². The lowest BCUT2D eigenvalue weighted by atomic mass is 9.70. The van der Waals surface area contributed by atoms with Crippen molar-refractivity contribution in [3.05, 3.63) is 71.0 Å². The molecule has 0 aromatic heterocycles. The van der Waals surface area contributed by atoms with Crippen molar-refractivity contribution in [1.82, 2.24) is 5.32 Å². The van der Waals surface area contributed by atoms with Gasteiger partial charge in [-0.2, -0.15) is 0 Å². The van der Waals surface area contributed by atoms with Gasteiger partial charge in [-0.05, 0) is 68.4 Å². The van der Waals surface area contributed by atoms with Crippen LogP contribution < -0.4 is 5.32 Å². The number of carbonyl (C=O) groups is 1. The number of aryl methyl sites for hydroxylation is 1. The summed E-state index contributed by atoms with van der Waals surface area (Å²) in [6.07, 6.45) is 3.50. The molecule has 4 atom stereocenters. The molecule has 0 spiro atoms. The van der Waals surface area contributed by atoms with Crippen molar-refractivity contribution < 1.29 is 13.9 Å². The van der Waals surface area contributed by atoms with E-state index in [4.69, 9.17) is 4.74 Å². The minimum absolute atomic E-state index is 0.140. The third-order valence-electron chi connectivity index (χ3n) is 6.12. The molecule has 1 fully saturated rings. The number of ether oxygens (including phenoxy) is 1. The Bertz CT molecular complexity index is 808. The second kappa shape index (κ2) is 10.0. The molecule has 0 saturated heterocycles. The van der Waals surface area contributed by atoms with Crippen molar-refractivity contribution in [3.8, 4) is 0 Å². The standard InChI is InChI=1S/C25H32FNO2/c1-4-29-24(28)16-20-11-8-12-23(27-18(3)19-9-6-5-7-10-19)25(20)22-14-13-21(26)15-17(22)2/h5-7,9-10,13-15,18,20,23,25,27H,4,8,11-12,16H2,1-3H3/t18-,20?,23?,25?/m0/s1. The van der Waals surface area contributed by atoms with E-state index in [1.165, 1.54) is 11.6 Å². The van der Waals surface area contributed by atoms with Crippen LogP contribution in [0.3, 0.4) is 0 Å². The summed E-state index contributed by atoms with van der Waals surface area (Å²) in [4.78, 5) is 12.3. The van der Waals surface area contributed by atoms with Crippen LogP contribution in [0.4, 0.5) is 4.39 Å². The van der Waals surface area contributed by atoms with Gasteiger partial charge in [0.05, 0.1) is 6.61 Å². The van der Waals surface area contributed by atoms with Crippen LogP contribution in [-0.4, -0.2) is 18.6 Å². The average Bonchev–Trinajstić information content (AvgIpc) is 2.70. The van der Waals surface area contributed by atoms with Crippen molar-refractivity contribution in [2.75, 3.05) is 6.61 Å². The number of halogens is 1. The predicted molar refractivity (Wildman–Crippen MR) is 114 cm³/mol. The van der Waals surface area contributed by atoms with E-state index in [-0.39, 0.29) is 35.7 Å². The van der Waals surface area contributed by atoms with Crippen LogP contribution in [-0.2, 0) is 9.53 Å². The molecule has 3 nitrogen and oxygen atoms in total. The van der Waals surface area contributed by atoms with Gasteiger partial charge in [-0.3, -0.25) is 4.79 Å². The quantitative estimate of drug-likeness (QED) is 0.610. The number of hydrogen-bond donors (Lipinski definition) is 1. The number of carbonyl (C=O) groups excluding carboxylic acids is 1. The summed E-state index contributed by atoms with van der Waals surface area (Å²) in [7, 11) is 0. The van der Waals surface area contributed by atoms with E-state index in [1.807, 2.05) is 26.0 Å². The lowest BCUT2D eigenvalue weighted by Crippen LogP contribution is -2.43. The third kappa shape index (κ3) is 5.45. The van der Waals surface area contributed by atoms with Gasteiger partial charge in [0.2, 0.25) is 0 Å². The fourth-order valence-electron chi connectivity index (χ4n) is 4.78. The zero-order chi connectivity index (χ0) is 20.8. The number of esters is 1. The van der Waals surface area contributed by atoms with Crippen LogP contribution in [0, 0.1) is 18.7 Å². The highest BCUT2D eigenvalue weighted by Gasteiger charge is 2.37. The Hall–Kier alpha value is -2.20. The minimum Gasteiger partial charge on any atom is -0.466 e. The molecule has 1 N–H and O–H groups in total. The average molecular weight is 398 g/mol. The van der Waals surface area contributed by atoms with Crippen LogP contribution in [0.2, 0.25) is 0 Å². The molecular formula is C25H32FNO2. The summed E-state index contributed by atoms with van der Waals surface area (Å²) in [5, 5.41) is 3.81. The lowest BCUT2D eigenvalue weighted by Gasteiger charge is -2.41. The number of rotatable bonds is 7. The molecule has 156 valence electrons. The lowest BCUT2D eigenvalue weighted by molar-refractivity contribution is -0.144. The van der Waals surface area contributed by atoms with Crippen molar-refractivity contribution >= 4 is 5.97 Å². The Labute approximate surface area is 173 Å². The van der Waals surface area contributed by atoms with Crippen LogP contribution in [0.25, 0.3) is 0 Å². The first-order valence-corrected chi connectivity index (χ1v) is 10.7. The van der Waals surface area contributed by atoms with Crippen LogP contribution in [0.1, 0.15) is 68.2 Å². The first kappa shape index (κ1) is 21.5. The van der Waals surface area contributed by atoms with E-state index in [2.05, 4.69) is 36.5 Å². The largest absolute Gasteiger partial charge is 0.466 e. The van der Waals surface area contributed by atoms with Gasteiger partial charge in [-0.1, -0.05) is 42.8 Å².